The lowest BCUT2D eigenvalue weighted by Crippen LogP contribution is -2.36. The predicted octanol–water partition coefficient (Wildman–Crippen LogP) is 5.90. The maximum absolute atomic E-state index is 12.9. The van der Waals surface area contributed by atoms with Crippen LogP contribution in [0.4, 0.5) is 16.2 Å². The first-order valence-electron chi connectivity index (χ1n) is 13.1. The van der Waals surface area contributed by atoms with Crippen LogP contribution in [0.5, 0.6) is 11.5 Å². The minimum absolute atomic E-state index is 0.182. The van der Waals surface area contributed by atoms with Crippen molar-refractivity contribution >= 4 is 52.2 Å². The Kier molecular flexibility index (Phi) is 9.81. The number of nitrogens with zero attached hydrogens (tertiary/aromatic N) is 1. The third kappa shape index (κ3) is 7.76. The largest absolute Gasteiger partial charge is 0.490 e. The van der Waals surface area contributed by atoms with Gasteiger partial charge in [-0.1, -0.05) is 56.3 Å². The van der Waals surface area contributed by atoms with Crippen molar-refractivity contribution in [2.75, 3.05) is 30.4 Å². The lowest BCUT2D eigenvalue weighted by molar-refractivity contribution is -0.127. The topological polar surface area (TPSA) is 114 Å². The number of hydrogen-bond acceptors (Lipinski definition) is 7. The lowest BCUT2D eigenvalue weighted by Gasteiger charge is -2.15. The highest BCUT2D eigenvalue weighted by Crippen LogP contribution is 2.35. The van der Waals surface area contributed by atoms with Gasteiger partial charge >= 0.3 is 0 Å². The van der Waals surface area contributed by atoms with Gasteiger partial charge in [-0.3, -0.25) is 24.1 Å². The zero-order valence-corrected chi connectivity index (χ0v) is 23.8. The van der Waals surface area contributed by atoms with Crippen molar-refractivity contribution in [2.45, 2.75) is 26.7 Å². The molecule has 0 aliphatic carbocycles. The van der Waals surface area contributed by atoms with Crippen molar-refractivity contribution in [3.05, 3.63) is 88.8 Å². The number of imide groups is 1. The van der Waals surface area contributed by atoms with Crippen molar-refractivity contribution in [1.82, 2.24) is 4.90 Å². The van der Waals surface area contributed by atoms with Gasteiger partial charge in [0.2, 0.25) is 5.91 Å². The van der Waals surface area contributed by atoms with E-state index in [1.54, 1.807) is 48.5 Å². The molecule has 4 amide bonds. The van der Waals surface area contributed by atoms with Crippen LogP contribution in [0.2, 0.25) is 0 Å². The van der Waals surface area contributed by atoms with Gasteiger partial charge in [-0.2, -0.15) is 0 Å². The summed E-state index contributed by atoms with van der Waals surface area (Å²) in [5.41, 5.74) is 2.93. The van der Waals surface area contributed by atoms with Gasteiger partial charge in [0.15, 0.2) is 18.1 Å². The van der Waals surface area contributed by atoms with Crippen LogP contribution in [0.25, 0.3) is 6.08 Å². The molecule has 1 aliphatic heterocycles. The second kappa shape index (κ2) is 13.7. The molecule has 0 atom stereocenters. The summed E-state index contributed by atoms with van der Waals surface area (Å²) in [6, 6.07) is 21.4. The average Bonchev–Trinajstić information content (AvgIpc) is 3.20. The van der Waals surface area contributed by atoms with Crippen LogP contribution in [0, 0.1) is 0 Å². The number of nitrogens with one attached hydrogen (secondary N) is 2. The number of amides is 4. The summed E-state index contributed by atoms with van der Waals surface area (Å²) >= 11 is 0.760. The average molecular weight is 574 g/mol. The monoisotopic (exact) mass is 573 g/mol. The Balaban J connectivity index is 1.41. The molecule has 2 N–H and O–H groups in total. The minimum atomic E-state index is -0.556. The van der Waals surface area contributed by atoms with Crippen LogP contribution < -0.4 is 20.1 Å². The second-order valence-electron chi connectivity index (χ2n) is 9.40. The summed E-state index contributed by atoms with van der Waals surface area (Å²) in [5, 5.41) is 5.04. The maximum Gasteiger partial charge on any atom is 0.294 e. The molecule has 1 saturated heterocycles. The third-order valence-electron chi connectivity index (χ3n) is 6.01. The van der Waals surface area contributed by atoms with E-state index in [-0.39, 0.29) is 23.3 Å². The molecule has 0 saturated carbocycles. The van der Waals surface area contributed by atoms with Crippen LogP contribution in [0.3, 0.4) is 0 Å². The molecular formula is C31H31N3O6S. The highest BCUT2D eigenvalue weighted by molar-refractivity contribution is 8.18. The van der Waals surface area contributed by atoms with E-state index in [0.29, 0.717) is 29.4 Å². The zero-order valence-electron chi connectivity index (χ0n) is 23.0. The zero-order chi connectivity index (χ0) is 29.4. The molecule has 3 aromatic rings. The van der Waals surface area contributed by atoms with E-state index in [1.165, 1.54) is 0 Å². The van der Waals surface area contributed by atoms with Gasteiger partial charge in [-0.05, 0) is 72.1 Å². The van der Waals surface area contributed by atoms with Gasteiger partial charge in [-0.15, -0.1) is 0 Å². The molecule has 1 heterocycles. The molecule has 4 rings (SSSR count). The van der Waals surface area contributed by atoms with Gasteiger partial charge in [0.25, 0.3) is 17.1 Å². The molecule has 3 aromatic carbocycles. The summed E-state index contributed by atoms with van der Waals surface area (Å²) in [5.74, 6) is -0.344. The number of ether oxygens (including phenoxy) is 2. The second-order valence-corrected chi connectivity index (χ2v) is 10.4. The van der Waals surface area contributed by atoms with Crippen LogP contribution >= 0.6 is 11.8 Å². The first kappa shape index (κ1) is 29.4. The molecule has 0 radical (unpaired) electrons. The highest BCUT2D eigenvalue weighted by Gasteiger charge is 2.36. The summed E-state index contributed by atoms with van der Waals surface area (Å²) < 4.78 is 11.5. The smallest absolute Gasteiger partial charge is 0.294 e. The van der Waals surface area contributed by atoms with Gasteiger partial charge in [0.1, 0.15) is 6.54 Å². The Hall–Kier alpha value is -4.57. The molecule has 0 aromatic heterocycles. The molecule has 212 valence electrons. The molecule has 1 fully saturated rings. The van der Waals surface area contributed by atoms with Crippen LogP contribution in [-0.2, 0) is 14.4 Å². The SMILES string of the molecule is CCOc1cc(/C=C2/SC(=O)N(CC(=O)Nc3ccccc3)C2=O)ccc1OCC(=O)Nc1ccccc1C(C)C. The fourth-order valence-corrected chi connectivity index (χ4v) is 4.94. The Morgan fingerprint density at radius 3 is 2.37 bits per heavy atom. The molecule has 0 spiro atoms. The van der Waals surface area contributed by atoms with Gasteiger partial charge in [0, 0.05) is 11.4 Å². The Labute approximate surface area is 242 Å². The van der Waals surface area contributed by atoms with Crippen molar-refractivity contribution in [3.63, 3.8) is 0 Å². The van der Waals surface area contributed by atoms with Gasteiger partial charge in [-0.25, -0.2) is 0 Å². The number of para-hydroxylation sites is 2. The van der Waals surface area contributed by atoms with Crippen LogP contribution in [-0.4, -0.2) is 47.6 Å². The Morgan fingerprint density at radius 1 is 0.902 bits per heavy atom. The van der Waals surface area contributed by atoms with E-state index in [2.05, 4.69) is 24.5 Å². The summed E-state index contributed by atoms with van der Waals surface area (Å²) in [6.45, 7) is 5.66. The van der Waals surface area contributed by atoms with Crippen LogP contribution in [0.15, 0.2) is 77.7 Å². The van der Waals surface area contributed by atoms with E-state index < -0.39 is 23.6 Å². The standard InChI is InChI=1S/C31H31N3O6S/c1-4-39-26-16-21(14-15-25(26)40-19-29(36)33-24-13-9-8-12-23(24)20(2)3)17-27-30(37)34(31(38)41-27)18-28(35)32-22-10-6-5-7-11-22/h5-17,20H,4,18-19H2,1-3H3,(H,32,35)(H,33,36)/b27-17+. The molecular weight excluding hydrogens is 542 g/mol. The summed E-state index contributed by atoms with van der Waals surface area (Å²) in [4.78, 5) is 51.5. The number of rotatable bonds is 11. The minimum Gasteiger partial charge on any atom is -0.490 e. The first-order valence-corrected chi connectivity index (χ1v) is 14.0. The van der Waals surface area contributed by atoms with Crippen molar-refractivity contribution in [1.29, 1.82) is 0 Å². The number of anilines is 2. The van der Waals surface area contributed by atoms with Crippen molar-refractivity contribution in [2.24, 2.45) is 0 Å². The highest BCUT2D eigenvalue weighted by atomic mass is 32.2. The lowest BCUT2D eigenvalue weighted by atomic mass is 10.0. The number of carbonyl (C=O) groups excluding carboxylic acids is 4. The number of carbonyl (C=O) groups is 4. The summed E-state index contributed by atoms with van der Waals surface area (Å²) in [7, 11) is 0. The number of benzene rings is 3. The molecule has 0 unspecified atom stereocenters. The van der Waals surface area contributed by atoms with E-state index in [1.807, 2.05) is 37.3 Å². The molecule has 10 heteroatoms. The predicted molar refractivity (Wildman–Crippen MR) is 160 cm³/mol. The Morgan fingerprint density at radius 2 is 1.63 bits per heavy atom. The van der Waals surface area contributed by atoms with Crippen molar-refractivity contribution in [3.8, 4) is 11.5 Å². The third-order valence-corrected chi connectivity index (χ3v) is 6.92. The molecule has 9 nitrogen and oxygen atoms in total. The maximum atomic E-state index is 12.9. The van der Waals surface area contributed by atoms with Gasteiger partial charge < -0.3 is 20.1 Å². The van der Waals surface area contributed by atoms with E-state index in [4.69, 9.17) is 9.47 Å². The molecule has 0 bridgehead atoms. The quantitative estimate of drug-likeness (QED) is 0.275. The van der Waals surface area contributed by atoms with Crippen LogP contribution in [0.1, 0.15) is 37.8 Å². The van der Waals surface area contributed by atoms with E-state index >= 15 is 0 Å². The summed E-state index contributed by atoms with van der Waals surface area (Å²) in [6.07, 6.45) is 1.56. The normalized spacial score (nSPS) is 14.0. The van der Waals surface area contributed by atoms with Crippen molar-refractivity contribution < 1.29 is 28.7 Å². The fraction of sp³-hybridized carbons (Fsp3) is 0.226. The van der Waals surface area contributed by atoms with E-state index in [9.17, 15) is 19.2 Å². The van der Waals surface area contributed by atoms with E-state index in [0.717, 1.165) is 27.9 Å². The number of thioether (sulfide) groups is 1. The first-order chi connectivity index (χ1) is 19.7. The number of hydrogen-bond donors (Lipinski definition) is 2. The Bertz CT molecular complexity index is 1470. The fourth-order valence-electron chi connectivity index (χ4n) is 4.10. The molecule has 41 heavy (non-hydrogen) atoms. The molecule has 1 aliphatic rings. The van der Waals surface area contributed by atoms with Gasteiger partial charge in [0.05, 0.1) is 11.5 Å².